The smallest absolute Gasteiger partial charge is 0.244 e. The van der Waals surface area contributed by atoms with Gasteiger partial charge in [-0.05, 0) is 42.8 Å². The van der Waals surface area contributed by atoms with E-state index in [1.165, 1.54) is 19.1 Å². The number of nitrogens with zero attached hydrogens (tertiary/aromatic N) is 2. The maximum absolute atomic E-state index is 13.3. The Bertz CT molecular complexity index is 1040. The zero-order valence-corrected chi connectivity index (χ0v) is 20.2. The Balaban J connectivity index is 2.39. The molecule has 0 unspecified atom stereocenters. The van der Waals surface area contributed by atoms with Crippen LogP contribution in [-0.4, -0.2) is 58.1 Å². The van der Waals surface area contributed by atoms with E-state index >= 15 is 0 Å². The van der Waals surface area contributed by atoms with Crippen LogP contribution in [0.2, 0.25) is 0 Å². The zero-order valence-electron chi connectivity index (χ0n) is 17.8. The third-order valence-electron chi connectivity index (χ3n) is 4.68. The van der Waals surface area contributed by atoms with Crippen LogP contribution >= 0.6 is 15.9 Å². The van der Waals surface area contributed by atoms with Crippen molar-refractivity contribution in [3.05, 3.63) is 58.6 Å². The fraction of sp³-hybridized carbons (Fsp3) is 0.333. The highest BCUT2D eigenvalue weighted by Gasteiger charge is 2.29. The SMILES string of the molecule is CNC(=O)[C@H](C)N(Cc1cccc(OC)c1)C(=O)CN(c1cccc(Br)c1)S(C)(=O)=O. The maximum atomic E-state index is 13.3. The average molecular weight is 512 g/mol. The summed E-state index contributed by atoms with van der Waals surface area (Å²) in [6.45, 7) is 1.27. The van der Waals surface area contributed by atoms with Crippen molar-refractivity contribution < 1.29 is 22.7 Å². The number of benzene rings is 2. The normalized spacial score (nSPS) is 12.0. The van der Waals surface area contributed by atoms with Gasteiger partial charge in [-0.1, -0.05) is 34.1 Å². The van der Waals surface area contributed by atoms with Crippen LogP contribution in [0.25, 0.3) is 0 Å². The summed E-state index contributed by atoms with van der Waals surface area (Å²) in [5.41, 5.74) is 1.09. The molecule has 0 aliphatic heterocycles. The fourth-order valence-corrected chi connectivity index (χ4v) is 4.23. The average Bonchev–Trinajstić information content (AvgIpc) is 2.73. The molecule has 0 fully saturated rings. The first-order valence-corrected chi connectivity index (χ1v) is 12.1. The van der Waals surface area contributed by atoms with E-state index in [2.05, 4.69) is 21.2 Å². The molecule has 1 N–H and O–H groups in total. The summed E-state index contributed by atoms with van der Waals surface area (Å²) in [4.78, 5) is 26.9. The Morgan fingerprint density at radius 3 is 2.42 bits per heavy atom. The highest BCUT2D eigenvalue weighted by molar-refractivity contribution is 9.10. The molecule has 0 aliphatic rings. The van der Waals surface area contributed by atoms with Crippen LogP contribution in [0.15, 0.2) is 53.0 Å². The zero-order chi connectivity index (χ0) is 23.2. The Hall–Kier alpha value is -2.59. The number of hydrogen-bond donors (Lipinski definition) is 1. The quantitative estimate of drug-likeness (QED) is 0.557. The highest BCUT2D eigenvalue weighted by atomic mass is 79.9. The summed E-state index contributed by atoms with van der Waals surface area (Å²) in [7, 11) is -0.732. The van der Waals surface area contributed by atoms with Crippen molar-refractivity contribution >= 4 is 43.5 Å². The number of amides is 2. The van der Waals surface area contributed by atoms with E-state index < -0.39 is 28.5 Å². The van der Waals surface area contributed by atoms with Crippen molar-refractivity contribution in [3.63, 3.8) is 0 Å². The lowest BCUT2D eigenvalue weighted by Gasteiger charge is -2.31. The first kappa shape index (κ1) is 24.7. The molecule has 0 bridgehead atoms. The number of sulfonamides is 1. The summed E-state index contributed by atoms with van der Waals surface area (Å²) in [6.07, 6.45) is 1.04. The molecule has 0 spiro atoms. The number of methoxy groups -OCH3 is 1. The van der Waals surface area contributed by atoms with Crippen molar-refractivity contribution in [2.24, 2.45) is 0 Å². The van der Waals surface area contributed by atoms with Crippen molar-refractivity contribution in [3.8, 4) is 5.75 Å². The molecule has 2 aromatic rings. The van der Waals surface area contributed by atoms with Crippen LogP contribution in [0.1, 0.15) is 12.5 Å². The van der Waals surface area contributed by atoms with Crippen LogP contribution in [0.4, 0.5) is 5.69 Å². The van der Waals surface area contributed by atoms with Gasteiger partial charge in [-0.25, -0.2) is 8.42 Å². The van der Waals surface area contributed by atoms with Crippen LogP contribution in [0, 0.1) is 0 Å². The van der Waals surface area contributed by atoms with Gasteiger partial charge in [0.15, 0.2) is 0 Å². The molecule has 31 heavy (non-hydrogen) atoms. The van der Waals surface area contributed by atoms with Crippen molar-refractivity contribution in [2.45, 2.75) is 19.5 Å². The summed E-state index contributed by atoms with van der Waals surface area (Å²) in [5.74, 6) is -0.252. The Morgan fingerprint density at radius 2 is 1.84 bits per heavy atom. The minimum absolute atomic E-state index is 0.112. The number of carbonyl (C=O) groups excluding carboxylic acids is 2. The van der Waals surface area contributed by atoms with Crippen LogP contribution < -0.4 is 14.4 Å². The van der Waals surface area contributed by atoms with Crippen LogP contribution in [0.3, 0.4) is 0 Å². The van der Waals surface area contributed by atoms with Gasteiger partial charge in [0.2, 0.25) is 21.8 Å². The van der Waals surface area contributed by atoms with Crippen molar-refractivity contribution in [1.82, 2.24) is 10.2 Å². The monoisotopic (exact) mass is 511 g/mol. The molecule has 0 aliphatic carbocycles. The summed E-state index contributed by atoms with van der Waals surface area (Å²) in [5, 5.41) is 2.54. The molecular weight excluding hydrogens is 486 g/mol. The van der Waals surface area contributed by atoms with E-state index in [1.54, 1.807) is 49.4 Å². The van der Waals surface area contributed by atoms with E-state index in [0.717, 1.165) is 16.1 Å². The number of hydrogen-bond acceptors (Lipinski definition) is 5. The molecule has 168 valence electrons. The topological polar surface area (TPSA) is 96.0 Å². The lowest BCUT2D eigenvalue weighted by atomic mass is 10.1. The van der Waals surface area contributed by atoms with Gasteiger partial charge < -0.3 is 15.0 Å². The number of carbonyl (C=O) groups is 2. The Morgan fingerprint density at radius 1 is 1.16 bits per heavy atom. The summed E-state index contributed by atoms with van der Waals surface area (Å²) in [6, 6.07) is 13.0. The third-order valence-corrected chi connectivity index (χ3v) is 6.31. The summed E-state index contributed by atoms with van der Waals surface area (Å²) >= 11 is 3.32. The minimum atomic E-state index is -3.75. The van der Waals surface area contributed by atoms with Gasteiger partial charge in [-0.2, -0.15) is 0 Å². The van der Waals surface area contributed by atoms with E-state index in [0.29, 0.717) is 15.9 Å². The molecule has 2 aromatic carbocycles. The highest BCUT2D eigenvalue weighted by Crippen LogP contribution is 2.23. The van der Waals surface area contributed by atoms with Gasteiger partial charge in [0.05, 0.1) is 19.1 Å². The van der Waals surface area contributed by atoms with E-state index in [-0.39, 0.29) is 12.5 Å². The molecule has 0 radical (unpaired) electrons. The number of ether oxygens (including phenoxy) is 1. The van der Waals surface area contributed by atoms with Crippen LogP contribution in [-0.2, 0) is 26.2 Å². The predicted octanol–water partition coefficient (Wildman–Crippen LogP) is 2.39. The molecule has 0 heterocycles. The van der Waals surface area contributed by atoms with Crippen LogP contribution in [0.5, 0.6) is 5.75 Å². The van der Waals surface area contributed by atoms with Gasteiger partial charge in [-0.3, -0.25) is 13.9 Å². The van der Waals surface area contributed by atoms with E-state index in [9.17, 15) is 18.0 Å². The Kier molecular flexibility index (Phi) is 8.46. The second-order valence-electron chi connectivity index (χ2n) is 6.91. The van der Waals surface area contributed by atoms with Gasteiger partial charge >= 0.3 is 0 Å². The van der Waals surface area contributed by atoms with Gasteiger partial charge in [-0.15, -0.1) is 0 Å². The lowest BCUT2D eigenvalue weighted by molar-refractivity contribution is -0.139. The number of halogens is 1. The molecule has 0 saturated heterocycles. The first-order chi connectivity index (χ1) is 14.6. The predicted molar refractivity (Wildman–Crippen MR) is 123 cm³/mol. The standard InChI is InChI=1S/C21H26BrN3O5S/c1-15(21(27)23-2)24(13-16-7-5-10-19(11-16)30-3)20(26)14-25(31(4,28)29)18-9-6-8-17(22)12-18/h5-12,15H,13-14H2,1-4H3,(H,23,27)/t15-/m0/s1. The maximum Gasteiger partial charge on any atom is 0.244 e. The lowest BCUT2D eigenvalue weighted by Crippen LogP contribution is -2.50. The molecular formula is C21H26BrN3O5S. The largest absolute Gasteiger partial charge is 0.497 e. The molecule has 0 saturated carbocycles. The second-order valence-corrected chi connectivity index (χ2v) is 9.74. The molecule has 10 heteroatoms. The van der Waals surface area contributed by atoms with E-state index in [1.807, 2.05) is 6.07 Å². The number of rotatable bonds is 9. The van der Waals surface area contributed by atoms with Gasteiger partial charge in [0, 0.05) is 18.1 Å². The van der Waals surface area contributed by atoms with Crippen molar-refractivity contribution in [2.75, 3.05) is 31.3 Å². The molecule has 2 rings (SSSR count). The molecule has 1 atom stereocenters. The molecule has 0 aromatic heterocycles. The number of nitrogens with one attached hydrogen (secondary N) is 1. The molecule has 2 amide bonds. The number of likely N-dealkylation sites (N-methyl/N-ethyl adjacent to an activating group) is 1. The molecule has 8 nitrogen and oxygen atoms in total. The van der Waals surface area contributed by atoms with Gasteiger partial charge in [0.25, 0.3) is 0 Å². The first-order valence-electron chi connectivity index (χ1n) is 9.44. The Labute approximate surface area is 191 Å². The van der Waals surface area contributed by atoms with E-state index in [4.69, 9.17) is 4.74 Å². The second kappa shape index (κ2) is 10.6. The third kappa shape index (κ3) is 6.70. The van der Waals surface area contributed by atoms with Gasteiger partial charge in [0.1, 0.15) is 18.3 Å². The fourth-order valence-electron chi connectivity index (χ4n) is 3.00. The number of anilines is 1. The minimum Gasteiger partial charge on any atom is -0.497 e. The van der Waals surface area contributed by atoms with Crippen molar-refractivity contribution in [1.29, 1.82) is 0 Å². The summed E-state index contributed by atoms with van der Waals surface area (Å²) < 4.78 is 31.8.